The van der Waals surface area contributed by atoms with Crippen molar-refractivity contribution < 1.29 is 22.7 Å². The molecule has 3 aromatic rings. The lowest BCUT2D eigenvalue weighted by molar-refractivity contribution is -0.112. The van der Waals surface area contributed by atoms with Gasteiger partial charge in [0.25, 0.3) is 4.74 Å². The summed E-state index contributed by atoms with van der Waals surface area (Å²) < 4.78 is 35.7. The minimum atomic E-state index is -4.10. The first-order valence-electron chi connectivity index (χ1n) is 8.52. The highest BCUT2D eigenvalue weighted by Gasteiger charge is 2.23. The standard InChI is InChI=1S/C21H18O6S2/c1-26-16-10-7-14(8-11-16)6-9-15(22)13-29(24,25)20-12-17-18(27-2)4-3-5-19(17)28-21(20)23/h3-12H,13H2,1-2H3/b9-6-. The Hall–Kier alpha value is -2.97. The topological polar surface area (TPSA) is 86.7 Å². The van der Waals surface area contributed by atoms with Gasteiger partial charge in [0.2, 0.25) is 0 Å². The summed E-state index contributed by atoms with van der Waals surface area (Å²) in [5, 5.41) is 0.513. The molecule has 0 aliphatic carbocycles. The molecule has 0 fully saturated rings. The number of hydrogen-bond donors (Lipinski definition) is 0. The fraction of sp³-hybridized carbons (Fsp3) is 0.143. The van der Waals surface area contributed by atoms with Gasteiger partial charge in [0.15, 0.2) is 15.6 Å². The van der Waals surface area contributed by atoms with Crippen LogP contribution in [0.15, 0.2) is 64.3 Å². The molecular weight excluding hydrogens is 412 g/mol. The molecule has 0 spiro atoms. The Kier molecular flexibility index (Phi) is 6.14. The summed E-state index contributed by atoms with van der Waals surface area (Å²) >= 11 is 0.810. The molecule has 0 unspecified atom stereocenters. The van der Waals surface area contributed by atoms with Crippen molar-refractivity contribution in [1.82, 2.24) is 0 Å². The van der Waals surface area contributed by atoms with Crippen LogP contribution >= 0.6 is 11.3 Å². The van der Waals surface area contributed by atoms with Gasteiger partial charge in [0.1, 0.15) is 22.1 Å². The number of carbonyl (C=O) groups excluding carboxylic acids is 1. The van der Waals surface area contributed by atoms with Crippen LogP contribution in [0.5, 0.6) is 11.5 Å². The first-order chi connectivity index (χ1) is 13.8. The van der Waals surface area contributed by atoms with Crippen LogP contribution < -0.4 is 14.2 Å². The van der Waals surface area contributed by atoms with E-state index in [-0.39, 0.29) is 0 Å². The summed E-state index contributed by atoms with van der Waals surface area (Å²) in [6, 6.07) is 13.3. The lowest BCUT2D eigenvalue weighted by Crippen LogP contribution is -2.20. The third kappa shape index (κ3) is 4.72. The predicted octanol–water partition coefficient (Wildman–Crippen LogP) is 3.33. The number of benzene rings is 2. The Balaban J connectivity index is 1.86. The largest absolute Gasteiger partial charge is 0.497 e. The molecule has 0 radical (unpaired) electrons. The van der Waals surface area contributed by atoms with E-state index in [0.29, 0.717) is 21.6 Å². The van der Waals surface area contributed by atoms with Crippen molar-refractivity contribution in [2.24, 2.45) is 0 Å². The molecule has 1 aromatic heterocycles. The van der Waals surface area contributed by atoms with Crippen LogP contribution in [0.25, 0.3) is 16.2 Å². The third-order valence-corrected chi connectivity index (χ3v) is 6.92. The van der Waals surface area contributed by atoms with Crippen LogP contribution in [-0.2, 0) is 14.6 Å². The molecule has 0 saturated carbocycles. The third-order valence-electron chi connectivity index (χ3n) is 4.17. The van der Waals surface area contributed by atoms with E-state index in [0.717, 1.165) is 16.9 Å². The van der Waals surface area contributed by atoms with E-state index in [1.807, 2.05) is 0 Å². The fourth-order valence-corrected chi connectivity index (χ4v) is 5.17. The minimum Gasteiger partial charge on any atom is -0.497 e. The van der Waals surface area contributed by atoms with Crippen LogP contribution in [0.2, 0.25) is 0 Å². The van der Waals surface area contributed by atoms with E-state index in [9.17, 15) is 18.0 Å². The Bertz CT molecular complexity index is 1240. The van der Waals surface area contributed by atoms with Gasteiger partial charge < -0.3 is 9.47 Å². The first-order valence-corrected chi connectivity index (χ1v) is 11.0. The number of allylic oxidation sites excluding steroid dienone is 1. The molecule has 8 heteroatoms. The van der Waals surface area contributed by atoms with Gasteiger partial charge in [-0.2, -0.15) is 0 Å². The maximum Gasteiger partial charge on any atom is 0.251 e. The molecule has 0 aliphatic heterocycles. The van der Waals surface area contributed by atoms with Gasteiger partial charge in [-0.05, 0) is 42.0 Å². The highest BCUT2D eigenvalue weighted by atomic mass is 32.2. The van der Waals surface area contributed by atoms with Crippen LogP contribution in [0.1, 0.15) is 5.56 Å². The summed E-state index contributed by atoms with van der Waals surface area (Å²) in [5.41, 5.74) is 0.721. The molecule has 0 saturated heterocycles. The first kappa shape index (κ1) is 20.8. The van der Waals surface area contributed by atoms with Crippen molar-refractivity contribution in [1.29, 1.82) is 0 Å². The summed E-state index contributed by atoms with van der Waals surface area (Å²) in [6.45, 7) is 0. The highest BCUT2D eigenvalue weighted by molar-refractivity contribution is 7.92. The number of carbonyl (C=O) groups is 1. The normalized spacial score (nSPS) is 11.7. The molecule has 150 valence electrons. The van der Waals surface area contributed by atoms with E-state index < -0.39 is 31.0 Å². The molecule has 0 amide bonds. The van der Waals surface area contributed by atoms with Gasteiger partial charge in [0, 0.05) is 10.1 Å². The number of hydrogen-bond acceptors (Lipinski definition) is 7. The van der Waals surface area contributed by atoms with Crippen molar-refractivity contribution >= 4 is 43.1 Å². The number of fused-ring (bicyclic) bond motifs is 1. The summed E-state index contributed by atoms with van der Waals surface area (Å²) in [4.78, 5) is 24.2. The van der Waals surface area contributed by atoms with Crippen molar-refractivity contribution in [3.63, 3.8) is 0 Å². The average Bonchev–Trinajstić information content (AvgIpc) is 2.71. The van der Waals surface area contributed by atoms with Crippen LogP contribution in [0.3, 0.4) is 0 Å². The molecule has 6 nitrogen and oxygen atoms in total. The number of methoxy groups -OCH3 is 2. The second kappa shape index (κ2) is 8.59. The van der Waals surface area contributed by atoms with Crippen LogP contribution in [0, 0.1) is 0 Å². The Morgan fingerprint density at radius 2 is 1.79 bits per heavy atom. The van der Waals surface area contributed by atoms with E-state index in [4.69, 9.17) is 9.47 Å². The van der Waals surface area contributed by atoms with Gasteiger partial charge in [-0.1, -0.05) is 35.6 Å². The zero-order valence-corrected chi connectivity index (χ0v) is 17.4. The van der Waals surface area contributed by atoms with Gasteiger partial charge in [-0.3, -0.25) is 9.59 Å². The Labute approximate surface area is 171 Å². The molecule has 0 N–H and O–H groups in total. The van der Waals surface area contributed by atoms with Gasteiger partial charge in [-0.15, -0.1) is 0 Å². The lowest BCUT2D eigenvalue weighted by atomic mass is 10.2. The van der Waals surface area contributed by atoms with Crippen LogP contribution in [-0.4, -0.2) is 34.2 Å². The molecule has 1 heterocycles. The lowest BCUT2D eigenvalue weighted by Gasteiger charge is -2.07. The molecule has 0 bridgehead atoms. The maximum atomic E-state index is 12.7. The predicted molar refractivity (Wildman–Crippen MR) is 114 cm³/mol. The van der Waals surface area contributed by atoms with Crippen molar-refractivity contribution in [3.8, 4) is 11.5 Å². The van der Waals surface area contributed by atoms with E-state index in [1.54, 1.807) is 49.6 Å². The van der Waals surface area contributed by atoms with Crippen LogP contribution in [0.4, 0.5) is 0 Å². The van der Waals surface area contributed by atoms with Crippen molar-refractivity contribution in [2.75, 3.05) is 20.0 Å². The van der Waals surface area contributed by atoms with Crippen molar-refractivity contribution in [2.45, 2.75) is 4.90 Å². The second-order valence-corrected chi connectivity index (χ2v) is 9.07. The number of ether oxygens (including phenoxy) is 2. The summed E-state index contributed by atoms with van der Waals surface area (Å²) in [7, 11) is -1.09. The highest BCUT2D eigenvalue weighted by Crippen LogP contribution is 2.28. The van der Waals surface area contributed by atoms with Gasteiger partial charge in [-0.25, -0.2) is 8.42 Å². The Morgan fingerprint density at radius 3 is 2.45 bits per heavy atom. The summed E-state index contributed by atoms with van der Waals surface area (Å²) in [6.07, 6.45) is 2.70. The van der Waals surface area contributed by atoms with Crippen molar-refractivity contribution in [3.05, 3.63) is 69.7 Å². The zero-order chi connectivity index (χ0) is 21.0. The smallest absolute Gasteiger partial charge is 0.251 e. The molecule has 3 rings (SSSR count). The average molecular weight is 431 g/mol. The molecule has 29 heavy (non-hydrogen) atoms. The SMILES string of the molecule is COc1ccc(/C=C\C(=O)CS(=O)(=O)c2cc3c(OC)cccc3sc2=O)cc1. The quantitative estimate of drug-likeness (QED) is 0.535. The zero-order valence-electron chi connectivity index (χ0n) is 15.7. The minimum absolute atomic E-state index is 0.398. The van der Waals surface area contributed by atoms with E-state index in [2.05, 4.69) is 0 Å². The molecule has 0 aliphatic rings. The van der Waals surface area contributed by atoms with Gasteiger partial charge >= 0.3 is 0 Å². The van der Waals surface area contributed by atoms with E-state index in [1.165, 1.54) is 25.3 Å². The van der Waals surface area contributed by atoms with E-state index >= 15 is 0 Å². The molecular formula is C21H18O6S2. The summed E-state index contributed by atoms with van der Waals surface area (Å²) in [5.74, 6) is -0.277. The van der Waals surface area contributed by atoms with Gasteiger partial charge in [0.05, 0.1) is 14.2 Å². The number of rotatable bonds is 7. The monoisotopic (exact) mass is 430 g/mol. The number of ketones is 1. The Morgan fingerprint density at radius 1 is 1.07 bits per heavy atom. The molecule has 0 atom stereocenters. The molecule has 2 aromatic carbocycles. The second-order valence-electron chi connectivity index (χ2n) is 6.10. The fourth-order valence-electron chi connectivity index (χ4n) is 2.71. The maximum absolute atomic E-state index is 12.7. The number of sulfone groups is 1.